The van der Waals surface area contributed by atoms with Gasteiger partial charge in [0.2, 0.25) is 0 Å². The van der Waals surface area contributed by atoms with Crippen molar-refractivity contribution in [1.29, 1.82) is 0 Å². The van der Waals surface area contributed by atoms with Crippen molar-refractivity contribution in [3.63, 3.8) is 0 Å². The summed E-state index contributed by atoms with van der Waals surface area (Å²) in [6.07, 6.45) is 3.82. The number of para-hydroxylation sites is 1. The molecule has 0 bridgehead atoms. The summed E-state index contributed by atoms with van der Waals surface area (Å²) in [5.74, 6) is -0.450. The fourth-order valence-corrected chi connectivity index (χ4v) is 3.38. The summed E-state index contributed by atoms with van der Waals surface area (Å²) in [5.41, 5.74) is 1.42. The van der Waals surface area contributed by atoms with E-state index in [-0.39, 0.29) is 0 Å². The fourth-order valence-electron chi connectivity index (χ4n) is 2.51. The number of hydrogen-bond acceptors (Lipinski definition) is 5. The second-order valence-corrected chi connectivity index (χ2v) is 7.14. The minimum absolute atomic E-state index is 0.451. The van der Waals surface area contributed by atoms with Crippen molar-refractivity contribution in [3.05, 3.63) is 72.8 Å². The first kappa shape index (κ1) is 19.6. The highest BCUT2D eigenvalue weighted by Crippen LogP contribution is 2.17. The lowest BCUT2D eigenvalue weighted by Crippen LogP contribution is -2.36. The number of thioether (sulfide) groups is 1. The Morgan fingerprint density at radius 2 is 1.79 bits per heavy atom. The molecular weight excluding hydrogens is 374 g/mol. The summed E-state index contributed by atoms with van der Waals surface area (Å²) in [4.78, 5) is 29.3. The monoisotopic (exact) mass is 395 g/mol. The van der Waals surface area contributed by atoms with Gasteiger partial charge in [0.25, 0.3) is 0 Å². The van der Waals surface area contributed by atoms with Crippen molar-refractivity contribution >= 4 is 29.3 Å². The quantitative estimate of drug-likeness (QED) is 0.348. The Bertz CT molecular complexity index is 900. The summed E-state index contributed by atoms with van der Waals surface area (Å²) >= 11 is 1.72. The van der Waals surface area contributed by atoms with Crippen molar-refractivity contribution in [3.8, 4) is 0 Å². The number of benzene rings is 2. The number of aromatic nitrogens is 3. The van der Waals surface area contributed by atoms with Gasteiger partial charge >= 0.3 is 11.8 Å². The molecule has 3 aromatic rings. The van der Waals surface area contributed by atoms with Crippen LogP contribution in [0.25, 0.3) is 0 Å². The first-order chi connectivity index (χ1) is 13.7. The average Bonchev–Trinajstić information content (AvgIpc) is 3.23. The molecule has 0 saturated heterocycles. The molecule has 0 aliphatic rings. The van der Waals surface area contributed by atoms with E-state index in [1.165, 1.54) is 11.2 Å². The Balaban J connectivity index is 1.43. The van der Waals surface area contributed by atoms with Crippen molar-refractivity contribution in [2.75, 3.05) is 17.6 Å². The smallest absolute Gasteiger partial charge is 0.313 e. The first-order valence-electron chi connectivity index (χ1n) is 8.90. The van der Waals surface area contributed by atoms with Gasteiger partial charge in [-0.05, 0) is 35.9 Å². The van der Waals surface area contributed by atoms with E-state index in [1.54, 1.807) is 34.9 Å². The fraction of sp³-hybridized carbons (Fsp3) is 0.200. The summed E-state index contributed by atoms with van der Waals surface area (Å²) in [5, 5.41) is 9.39. The van der Waals surface area contributed by atoms with Crippen molar-refractivity contribution < 1.29 is 9.59 Å². The molecule has 0 atom stereocenters. The number of carbonyl (C=O) groups is 2. The normalized spacial score (nSPS) is 10.4. The van der Waals surface area contributed by atoms with Crippen LogP contribution in [-0.4, -0.2) is 38.9 Å². The molecule has 0 fully saturated rings. The number of amides is 2. The third-order valence-corrected chi connectivity index (χ3v) is 4.99. The predicted octanol–water partition coefficient (Wildman–Crippen LogP) is 2.56. The number of rotatable bonds is 8. The topological polar surface area (TPSA) is 88.9 Å². The van der Waals surface area contributed by atoms with E-state index < -0.39 is 11.8 Å². The Morgan fingerprint density at radius 1 is 1.00 bits per heavy atom. The molecule has 28 heavy (non-hydrogen) atoms. The molecule has 0 aliphatic carbocycles. The average molecular weight is 395 g/mol. The van der Waals surface area contributed by atoms with Crippen LogP contribution < -0.4 is 10.6 Å². The molecular formula is C20H21N5O2S. The third kappa shape index (κ3) is 5.95. The number of anilines is 1. The van der Waals surface area contributed by atoms with Crippen molar-refractivity contribution in [2.45, 2.75) is 17.9 Å². The molecule has 0 saturated carbocycles. The molecule has 7 nitrogen and oxygen atoms in total. The molecule has 3 rings (SSSR count). The molecule has 2 aromatic carbocycles. The van der Waals surface area contributed by atoms with Gasteiger partial charge in [-0.15, -0.1) is 11.8 Å². The van der Waals surface area contributed by atoms with Crippen LogP contribution in [0.3, 0.4) is 0 Å². The van der Waals surface area contributed by atoms with Crippen LogP contribution >= 0.6 is 11.8 Å². The first-order valence-corrected chi connectivity index (χ1v) is 9.88. The van der Waals surface area contributed by atoms with E-state index in [0.29, 0.717) is 18.8 Å². The van der Waals surface area contributed by atoms with Gasteiger partial charge in [0.1, 0.15) is 12.7 Å². The maximum Gasteiger partial charge on any atom is 0.313 e. The summed E-state index contributed by atoms with van der Waals surface area (Å²) in [7, 11) is 0. The lowest BCUT2D eigenvalue weighted by molar-refractivity contribution is -0.136. The van der Waals surface area contributed by atoms with Gasteiger partial charge in [0.05, 0.1) is 6.54 Å². The van der Waals surface area contributed by atoms with Crippen molar-refractivity contribution in [1.82, 2.24) is 20.1 Å². The Morgan fingerprint density at radius 3 is 2.57 bits per heavy atom. The summed E-state index contributed by atoms with van der Waals surface area (Å²) < 4.78 is 1.65. The number of nitrogens with zero attached hydrogens (tertiary/aromatic N) is 3. The van der Waals surface area contributed by atoms with Crippen molar-refractivity contribution in [2.24, 2.45) is 0 Å². The summed E-state index contributed by atoms with van der Waals surface area (Å²) in [6, 6.07) is 17.4. The zero-order valence-corrected chi connectivity index (χ0v) is 16.1. The Hall–Kier alpha value is -3.13. The van der Waals surface area contributed by atoms with Crippen LogP contribution in [0.15, 0.2) is 72.1 Å². The highest BCUT2D eigenvalue weighted by atomic mass is 32.2. The molecule has 144 valence electrons. The Kier molecular flexibility index (Phi) is 7.20. The number of hydrogen-bond donors (Lipinski definition) is 2. The zero-order chi connectivity index (χ0) is 19.6. The van der Waals surface area contributed by atoms with Crippen LogP contribution in [0.4, 0.5) is 5.69 Å². The maximum atomic E-state index is 12.2. The minimum atomic E-state index is -0.679. The minimum Gasteiger partial charge on any atom is -0.348 e. The van der Waals surface area contributed by atoms with E-state index in [9.17, 15) is 9.59 Å². The van der Waals surface area contributed by atoms with Gasteiger partial charge in [-0.3, -0.25) is 9.59 Å². The highest BCUT2D eigenvalue weighted by Gasteiger charge is 2.15. The van der Waals surface area contributed by atoms with Gasteiger partial charge in [-0.1, -0.05) is 36.4 Å². The molecule has 1 heterocycles. The van der Waals surface area contributed by atoms with Crippen LogP contribution in [0, 0.1) is 0 Å². The standard InChI is InChI=1S/C20H21N5O2S/c26-19(22-11-6-12-28-17-8-2-1-3-9-17)20(27)24-18-10-5-4-7-16(18)13-25-15-21-14-23-25/h1-5,7-10,14-15H,6,11-13H2,(H,22,26)(H,24,27). The molecule has 0 radical (unpaired) electrons. The second-order valence-electron chi connectivity index (χ2n) is 5.98. The highest BCUT2D eigenvalue weighted by molar-refractivity contribution is 7.99. The van der Waals surface area contributed by atoms with Gasteiger partial charge < -0.3 is 10.6 Å². The van der Waals surface area contributed by atoms with Gasteiger partial charge in [-0.2, -0.15) is 5.10 Å². The van der Waals surface area contributed by atoms with Gasteiger partial charge in [0.15, 0.2) is 0 Å². The van der Waals surface area contributed by atoms with Crippen LogP contribution in [-0.2, 0) is 16.1 Å². The molecule has 0 aliphatic heterocycles. The Labute approximate surface area is 167 Å². The van der Waals surface area contributed by atoms with E-state index in [4.69, 9.17) is 0 Å². The van der Waals surface area contributed by atoms with Gasteiger partial charge in [0, 0.05) is 17.1 Å². The van der Waals surface area contributed by atoms with Crippen LogP contribution in [0.1, 0.15) is 12.0 Å². The lowest BCUT2D eigenvalue weighted by atomic mass is 10.1. The van der Waals surface area contributed by atoms with E-state index in [0.717, 1.165) is 17.7 Å². The summed E-state index contributed by atoms with van der Waals surface area (Å²) in [6.45, 7) is 0.904. The molecule has 2 amide bonds. The van der Waals surface area contributed by atoms with Crippen LogP contribution in [0.5, 0.6) is 0 Å². The molecule has 2 N–H and O–H groups in total. The molecule has 0 unspecified atom stereocenters. The maximum absolute atomic E-state index is 12.2. The predicted molar refractivity (Wildman–Crippen MR) is 109 cm³/mol. The number of carbonyl (C=O) groups excluding carboxylic acids is 2. The lowest BCUT2D eigenvalue weighted by Gasteiger charge is -2.11. The SMILES string of the molecule is O=C(NCCCSc1ccccc1)C(=O)Nc1ccccc1Cn1cncn1. The van der Waals surface area contributed by atoms with E-state index >= 15 is 0 Å². The molecule has 8 heteroatoms. The molecule has 1 aromatic heterocycles. The van der Waals surface area contributed by atoms with E-state index in [1.807, 2.05) is 42.5 Å². The largest absolute Gasteiger partial charge is 0.348 e. The third-order valence-electron chi connectivity index (χ3n) is 3.89. The molecule has 0 spiro atoms. The van der Waals surface area contributed by atoms with E-state index in [2.05, 4.69) is 20.7 Å². The van der Waals surface area contributed by atoms with Gasteiger partial charge in [-0.25, -0.2) is 9.67 Å². The number of nitrogens with one attached hydrogen (secondary N) is 2. The second kappa shape index (κ2) is 10.3. The zero-order valence-electron chi connectivity index (χ0n) is 15.2. The van der Waals surface area contributed by atoms with Crippen LogP contribution in [0.2, 0.25) is 0 Å².